The zero-order valence-electron chi connectivity index (χ0n) is 13.7. The van der Waals surface area contributed by atoms with Gasteiger partial charge in [0.05, 0.1) is 13.2 Å². The van der Waals surface area contributed by atoms with Crippen LogP contribution < -0.4 is 0 Å². The zero-order chi connectivity index (χ0) is 17.1. The quantitative estimate of drug-likeness (QED) is 0.735. The Labute approximate surface area is 145 Å². The van der Waals surface area contributed by atoms with Crippen LogP contribution in [0.3, 0.4) is 0 Å². The molecule has 0 N–H and O–H groups in total. The van der Waals surface area contributed by atoms with Crippen LogP contribution in [-0.4, -0.2) is 35.7 Å². The van der Waals surface area contributed by atoms with E-state index in [0.717, 1.165) is 11.1 Å². The highest BCUT2D eigenvalue weighted by molar-refractivity contribution is 5.93. The van der Waals surface area contributed by atoms with E-state index >= 15 is 0 Å². The van der Waals surface area contributed by atoms with Crippen molar-refractivity contribution in [2.24, 2.45) is 0 Å². The SMILES string of the molecule is O=C(c1cc(-c2ccccc2)on1)N1CCOC(c2ccccc2)C1. The molecule has 2 aromatic carbocycles. The van der Waals surface area contributed by atoms with Crippen molar-refractivity contribution in [3.8, 4) is 11.3 Å². The lowest BCUT2D eigenvalue weighted by Crippen LogP contribution is -2.42. The highest BCUT2D eigenvalue weighted by Crippen LogP contribution is 2.24. The highest BCUT2D eigenvalue weighted by Gasteiger charge is 2.27. The molecule has 126 valence electrons. The van der Waals surface area contributed by atoms with Crippen LogP contribution in [0.15, 0.2) is 71.3 Å². The number of rotatable bonds is 3. The Bertz CT molecular complexity index is 846. The molecule has 1 saturated heterocycles. The number of hydrogen-bond donors (Lipinski definition) is 0. The topological polar surface area (TPSA) is 55.6 Å². The van der Waals surface area contributed by atoms with Crippen molar-refractivity contribution in [1.82, 2.24) is 10.1 Å². The third-order valence-corrected chi connectivity index (χ3v) is 4.31. The highest BCUT2D eigenvalue weighted by atomic mass is 16.5. The Morgan fingerprint density at radius 1 is 1.04 bits per heavy atom. The van der Waals surface area contributed by atoms with Crippen molar-refractivity contribution >= 4 is 5.91 Å². The van der Waals surface area contributed by atoms with Crippen LogP contribution in [0, 0.1) is 0 Å². The van der Waals surface area contributed by atoms with Gasteiger partial charge in [0.15, 0.2) is 11.5 Å². The van der Waals surface area contributed by atoms with E-state index in [9.17, 15) is 4.79 Å². The van der Waals surface area contributed by atoms with Crippen LogP contribution in [0.5, 0.6) is 0 Å². The van der Waals surface area contributed by atoms with Gasteiger partial charge in [-0.15, -0.1) is 0 Å². The standard InChI is InChI=1S/C20H18N2O3/c23-20(17-13-18(25-21-17)15-7-3-1-4-8-15)22-11-12-24-19(14-22)16-9-5-2-6-10-16/h1-10,13,19H,11-12,14H2. The fraction of sp³-hybridized carbons (Fsp3) is 0.200. The molecule has 4 rings (SSSR count). The van der Waals surface area contributed by atoms with Crippen molar-refractivity contribution in [3.05, 3.63) is 78.0 Å². The number of aromatic nitrogens is 1. The average molecular weight is 334 g/mol. The summed E-state index contributed by atoms with van der Waals surface area (Å²) in [5, 5.41) is 3.96. The lowest BCUT2D eigenvalue weighted by Gasteiger charge is -2.32. The van der Waals surface area contributed by atoms with E-state index in [1.54, 1.807) is 11.0 Å². The van der Waals surface area contributed by atoms with Crippen LogP contribution in [-0.2, 0) is 4.74 Å². The molecule has 0 saturated carbocycles. The Balaban J connectivity index is 1.50. The molecule has 1 aromatic heterocycles. The molecular weight excluding hydrogens is 316 g/mol. The van der Waals surface area contributed by atoms with Crippen LogP contribution in [0.2, 0.25) is 0 Å². The van der Waals surface area contributed by atoms with Gasteiger partial charge in [-0.05, 0) is 5.56 Å². The first kappa shape index (κ1) is 15.6. The largest absolute Gasteiger partial charge is 0.370 e. The third kappa shape index (κ3) is 3.32. The summed E-state index contributed by atoms with van der Waals surface area (Å²) in [6, 6.07) is 21.3. The molecular formula is C20H18N2O3. The molecule has 0 aliphatic carbocycles. The normalized spacial score (nSPS) is 17.4. The molecule has 1 aliphatic heterocycles. The van der Waals surface area contributed by atoms with Gasteiger partial charge >= 0.3 is 0 Å². The van der Waals surface area contributed by atoms with E-state index in [4.69, 9.17) is 9.26 Å². The number of morpholine rings is 1. The van der Waals surface area contributed by atoms with Gasteiger partial charge in [0, 0.05) is 18.2 Å². The van der Waals surface area contributed by atoms with Gasteiger partial charge in [-0.3, -0.25) is 4.79 Å². The monoisotopic (exact) mass is 334 g/mol. The van der Waals surface area contributed by atoms with Crippen LogP contribution in [0.25, 0.3) is 11.3 Å². The summed E-state index contributed by atoms with van der Waals surface area (Å²) in [6.07, 6.45) is -0.112. The summed E-state index contributed by atoms with van der Waals surface area (Å²) in [5.41, 5.74) is 2.30. The van der Waals surface area contributed by atoms with Crippen LogP contribution in [0.1, 0.15) is 22.2 Å². The molecule has 5 nitrogen and oxygen atoms in total. The van der Waals surface area contributed by atoms with Gasteiger partial charge in [0.2, 0.25) is 0 Å². The Morgan fingerprint density at radius 2 is 1.76 bits per heavy atom. The molecule has 1 aliphatic rings. The molecule has 1 amide bonds. The number of amides is 1. The minimum absolute atomic E-state index is 0.112. The number of carbonyl (C=O) groups is 1. The molecule has 1 fully saturated rings. The third-order valence-electron chi connectivity index (χ3n) is 4.31. The van der Waals surface area contributed by atoms with E-state index in [0.29, 0.717) is 31.2 Å². The summed E-state index contributed by atoms with van der Waals surface area (Å²) in [4.78, 5) is 14.5. The Kier molecular flexibility index (Phi) is 4.31. The summed E-state index contributed by atoms with van der Waals surface area (Å²) >= 11 is 0. The molecule has 0 radical (unpaired) electrons. The van der Waals surface area contributed by atoms with E-state index < -0.39 is 0 Å². The van der Waals surface area contributed by atoms with Gasteiger partial charge in [0.1, 0.15) is 6.10 Å². The number of ether oxygens (including phenoxy) is 1. The summed E-state index contributed by atoms with van der Waals surface area (Å²) in [6.45, 7) is 1.57. The molecule has 2 heterocycles. The van der Waals surface area contributed by atoms with Gasteiger partial charge < -0.3 is 14.2 Å². The molecule has 0 bridgehead atoms. The molecule has 0 spiro atoms. The summed E-state index contributed by atoms with van der Waals surface area (Å²) in [7, 11) is 0. The minimum Gasteiger partial charge on any atom is -0.370 e. The van der Waals surface area contributed by atoms with E-state index in [2.05, 4.69) is 5.16 Å². The number of carbonyl (C=O) groups excluding carboxylic acids is 1. The maximum atomic E-state index is 12.8. The maximum Gasteiger partial charge on any atom is 0.276 e. The van der Waals surface area contributed by atoms with Crippen molar-refractivity contribution in [1.29, 1.82) is 0 Å². The maximum absolute atomic E-state index is 12.8. The number of hydrogen-bond acceptors (Lipinski definition) is 4. The van der Waals surface area contributed by atoms with Crippen molar-refractivity contribution < 1.29 is 14.1 Å². The number of benzene rings is 2. The first-order valence-electron chi connectivity index (χ1n) is 8.29. The first-order valence-corrected chi connectivity index (χ1v) is 8.29. The van der Waals surface area contributed by atoms with Crippen LogP contribution in [0.4, 0.5) is 0 Å². The molecule has 25 heavy (non-hydrogen) atoms. The summed E-state index contributed by atoms with van der Waals surface area (Å²) in [5.74, 6) is 0.465. The second-order valence-corrected chi connectivity index (χ2v) is 5.96. The fourth-order valence-corrected chi connectivity index (χ4v) is 2.98. The summed E-state index contributed by atoms with van der Waals surface area (Å²) < 4.78 is 11.2. The number of nitrogens with zero attached hydrogens (tertiary/aromatic N) is 2. The minimum atomic E-state index is -0.129. The van der Waals surface area contributed by atoms with Gasteiger partial charge in [-0.2, -0.15) is 0 Å². The lowest BCUT2D eigenvalue weighted by molar-refractivity contribution is -0.0231. The molecule has 3 aromatic rings. The molecule has 5 heteroatoms. The van der Waals surface area contributed by atoms with Gasteiger partial charge in [0.25, 0.3) is 5.91 Å². The van der Waals surface area contributed by atoms with Crippen LogP contribution >= 0.6 is 0 Å². The Hall–Kier alpha value is -2.92. The fourth-order valence-electron chi connectivity index (χ4n) is 2.98. The average Bonchev–Trinajstić information content (AvgIpc) is 3.19. The van der Waals surface area contributed by atoms with E-state index in [-0.39, 0.29) is 12.0 Å². The zero-order valence-corrected chi connectivity index (χ0v) is 13.7. The Morgan fingerprint density at radius 3 is 2.52 bits per heavy atom. The van der Waals surface area contributed by atoms with Crippen molar-refractivity contribution in [2.45, 2.75) is 6.10 Å². The lowest BCUT2D eigenvalue weighted by atomic mass is 10.1. The predicted molar refractivity (Wildman–Crippen MR) is 93.0 cm³/mol. The second-order valence-electron chi connectivity index (χ2n) is 5.96. The predicted octanol–water partition coefficient (Wildman–Crippen LogP) is 3.56. The van der Waals surface area contributed by atoms with Crippen molar-refractivity contribution in [2.75, 3.05) is 19.7 Å². The molecule has 1 unspecified atom stereocenters. The first-order chi connectivity index (χ1) is 12.3. The van der Waals surface area contributed by atoms with E-state index in [1.807, 2.05) is 60.7 Å². The van der Waals surface area contributed by atoms with Gasteiger partial charge in [-0.25, -0.2) is 0 Å². The van der Waals surface area contributed by atoms with Gasteiger partial charge in [-0.1, -0.05) is 65.8 Å². The molecule has 1 atom stereocenters. The smallest absolute Gasteiger partial charge is 0.276 e. The van der Waals surface area contributed by atoms with Crippen molar-refractivity contribution in [3.63, 3.8) is 0 Å². The second kappa shape index (κ2) is 6.91. The van der Waals surface area contributed by atoms with E-state index in [1.165, 1.54) is 0 Å².